The highest BCUT2D eigenvalue weighted by Crippen LogP contribution is 2.24. The van der Waals surface area contributed by atoms with E-state index < -0.39 is 0 Å². The third kappa shape index (κ3) is 2.40. The minimum absolute atomic E-state index is 0.476. The first-order chi connectivity index (χ1) is 6.81. The van der Waals surface area contributed by atoms with E-state index in [-0.39, 0.29) is 0 Å². The number of ether oxygens (including phenoxy) is 2. The Bertz CT molecular complexity index is 342. The zero-order valence-corrected chi connectivity index (χ0v) is 8.41. The maximum Gasteiger partial charge on any atom is 0.218 e. The van der Waals surface area contributed by atoms with Crippen molar-refractivity contribution < 1.29 is 9.47 Å². The van der Waals surface area contributed by atoms with Crippen molar-refractivity contribution in [3.8, 4) is 11.5 Å². The van der Waals surface area contributed by atoms with Crippen molar-refractivity contribution in [1.29, 1.82) is 0 Å². The standard InChI is InChI=1S/C11H13NO2/c1-12-7-6-9-8-10(13-2)4-5-11(9)14-3/h4-5,8H,6-7H2,2-3H3. The Morgan fingerprint density at radius 1 is 1.29 bits per heavy atom. The van der Waals surface area contributed by atoms with Crippen LogP contribution in [0.3, 0.4) is 0 Å². The van der Waals surface area contributed by atoms with Gasteiger partial charge in [-0.3, -0.25) is 0 Å². The van der Waals surface area contributed by atoms with Crippen molar-refractivity contribution >= 4 is 0 Å². The van der Waals surface area contributed by atoms with Crippen LogP contribution in [0.4, 0.5) is 0 Å². The van der Waals surface area contributed by atoms with E-state index in [0.717, 1.165) is 17.1 Å². The highest BCUT2D eigenvalue weighted by molar-refractivity contribution is 5.40. The molecule has 0 atom stereocenters. The Balaban J connectivity index is 2.91. The molecule has 3 nitrogen and oxygen atoms in total. The number of hydrogen-bond acceptors (Lipinski definition) is 2. The van der Waals surface area contributed by atoms with Crippen LogP contribution in [0.1, 0.15) is 5.56 Å². The summed E-state index contributed by atoms with van der Waals surface area (Å²) in [6.45, 7) is 7.21. The molecule has 0 bridgehead atoms. The van der Waals surface area contributed by atoms with Gasteiger partial charge in [-0.15, -0.1) is 0 Å². The van der Waals surface area contributed by atoms with Gasteiger partial charge in [-0.1, -0.05) is 0 Å². The van der Waals surface area contributed by atoms with Crippen molar-refractivity contribution in [1.82, 2.24) is 0 Å². The lowest BCUT2D eigenvalue weighted by Crippen LogP contribution is -1.95. The molecule has 0 saturated heterocycles. The van der Waals surface area contributed by atoms with E-state index in [1.54, 1.807) is 14.2 Å². The molecule has 14 heavy (non-hydrogen) atoms. The van der Waals surface area contributed by atoms with Crippen molar-refractivity contribution in [2.75, 3.05) is 20.8 Å². The van der Waals surface area contributed by atoms with Gasteiger partial charge in [0.15, 0.2) is 0 Å². The first kappa shape index (κ1) is 10.4. The van der Waals surface area contributed by atoms with Gasteiger partial charge < -0.3 is 14.3 Å². The third-order valence-corrected chi connectivity index (χ3v) is 1.98. The zero-order chi connectivity index (χ0) is 10.4. The van der Waals surface area contributed by atoms with Crippen LogP contribution in [0.5, 0.6) is 11.5 Å². The molecule has 0 fully saturated rings. The largest absolute Gasteiger partial charge is 0.497 e. The summed E-state index contributed by atoms with van der Waals surface area (Å²) < 4.78 is 10.3. The number of benzene rings is 1. The molecule has 0 saturated carbocycles. The molecule has 0 aromatic heterocycles. The van der Waals surface area contributed by atoms with E-state index in [4.69, 9.17) is 16.0 Å². The molecule has 0 aliphatic rings. The molecule has 0 aliphatic heterocycles. The monoisotopic (exact) mass is 191 g/mol. The van der Waals surface area contributed by atoms with E-state index in [1.807, 2.05) is 18.2 Å². The molecule has 3 heteroatoms. The molecule has 0 amide bonds. The van der Waals surface area contributed by atoms with Crippen molar-refractivity contribution in [2.24, 2.45) is 0 Å². The molecule has 74 valence electrons. The highest BCUT2D eigenvalue weighted by atomic mass is 16.5. The van der Waals surface area contributed by atoms with Gasteiger partial charge in [-0.2, -0.15) is 0 Å². The van der Waals surface area contributed by atoms with Crippen molar-refractivity contribution in [3.63, 3.8) is 0 Å². The summed E-state index contributed by atoms with van der Waals surface area (Å²) in [6.07, 6.45) is 0.698. The van der Waals surface area contributed by atoms with Gasteiger partial charge >= 0.3 is 0 Å². The average Bonchev–Trinajstić information content (AvgIpc) is 2.25. The predicted molar refractivity (Wildman–Crippen MR) is 54.7 cm³/mol. The third-order valence-electron chi connectivity index (χ3n) is 1.98. The van der Waals surface area contributed by atoms with Gasteiger partial charge in [-0.05, 0) is 18.2 Å². The minimum Gasteiger partial charge on any atom is -0.497 e. The molecular weight excluding hydrogens is 178 g/mol. The van der Waals surface area contributed by atoms with Crippen LogP contribution in [-0.4, -0.2) is 20.8 Å². The van der Waals surface area contributed by atoms with Crippen LogP contribution in [0.2, 0.25) is 0 Å². The average molecular weight is 191 g/mol. The molecule has 0 radical (unpaired) electrons. The van der Waals surface area contributed by atoms with Crippen molar-refractivity contribution in [3.05, 3.63) is 35.2 Å². The summed E-state index contributed by atoms with van der Waals surface area (Å²) in [5, 5.41) is 0. The Morgan fingerprint density at radius 2 is 2.07 bits per heavy atom. The Morgan fingerprint density at radius 3 is 2.64 bits per heavy atom. The lowest BCUT2D eigenvalue weighted by Gasteiger charge is -2.07. The van der Waals surface area contributed by atoms with Crippen LogP contribution in [0.15, 0.2) is 18.2 Å². The smallest absolute Gasteiger partial charge is 0.218 e. The number of rotatable bonds is 4. The SMILES string of the molecule is [C-]#[N+]CCc1cc(OC)ccc1OC. The number of nitrogens with zero attached hydrogens (tertiary/aromatic N) is 1. The Hall–Kier alpha value is -1.69. The van der Waals surface area contributed by atoms with Crippen LogP contribution in [0.25, 0.3) is 4.85 Å². The minimum atomic E-state index is 0.476. The fourth-order valence-electron chi connectivity index (χ4n) is 1.25. The second-order valence-corrected chi connectivity index (χ2v) is 2.81. The highest BCUT2D eigenvalue weighted by Gasteiger charge is 2.05. The molecule has 1 aromatic rings. The molecule has 0 heterocycles. The second-order valence-electron chi connectivity index (χ2n) is 2.81. The molecule has 0 unspecified atom stereocenters. The molecule has 0 N–H and O–H groups in total. The second kappa shape index (κ2) is 5.13. The molecule has 1 aromatic carbocycles. The van der Waals surface area contributed by atoms with Gasteiger partial charge in [0.1, 0.15) is 11.5 Å². The molecule has 1 rings (SSSR count). The summed E-state index contributed by atoms with van der Waals surface area (Å²) in [4.78, 5) is 3.32. The lowest BCUT2D eigenvalue weighted by atomic mass is 10.1. The quantitative estimate of drug-likeness (QED) is 0.681. The summed E-state index contributed by atoms with van der Waals surface area (Å²) in [5.41, 5.74) is 1.02. The number of hydrogen-bond donors (Lipinski definition) is 0. The maximum absolute atomic E-state index is 6.73. The molecular formula is C11H13NO2. The van der Waals surface area contributed by atoms with Gasteiger partial charge in [0.2, 0.25) is 6.54 Å². The zero-order valence-electron chi connectivity index (χ0n) is 8.41. The van der Waals surface area contributed by atoms with Crippen LogP contribution in [-0.2, 0) is 6.42 Å². The summed E-state index contributed by atoms with van der Waals surface area (Å²) >= 11 is 0. The fourth-order valence-corrected chi connectivity index (χ4v) is 1.25. The van der Waals surface area contributed by atoms with E-state index in [9.17, 15) is 0 Å². The summed E-state index contributed by atoms with van der Waals surface area (Å²) in [6, 6.07) is 5.61. The first-order valence-corrected chi connectivity index (χ1v) is 4.36. The molecule has 0 spiro atoms. The van der Waals surface area contributed by atoms with Gasteiger partial charge in [0.05, 0.1) is 14.2 Å². The van der Waals surface area contributed by atoms with Crippen molar-refractivity contribution in [2.45, 2.75) is 6.42 Å². The van der Waals surface area contributed by atoms with E-state index in [1.165, 1.54) is 0 Å². The number of methoxy groups -OCH3 is 2. The topological polar surface area (TPSA) is 22.8 Å². The fraction of sp³-hybridized carbons (Fsp3) is 0.364. The van der Waals surface area contributed by atoms with Gasteiger partial charge in [-0.25, -0.2) is 6.57 Å². The first-order valence-electron chi connectivity index (χ1n) is 4.36. The van der Waals surface area contributed by atoms with Gasteiger partial charge in [0.25, 0.3) is 0 Å². The van der Waals surface area contributed by atoms with Gasteiger partial charge in [0, 0.05) is 12.0 Å². The summed E-state index contributed by atoms with van der Waals surface area (Å²) in [5.74, 6) is 1.61. The summed E-state index contributed by atoms with van der Waals surface area (Å²) in [7, 11) is 3.25. The maximum atomic E-state index is 6.73. The lowest BCUT2D eigenvalue weighted by molar-refractivity contribution is 0.399. The Kier molecular flexibility index (Phi) is 3.81. The Labute approximate surface area is 84.1 Å². The van der Waals surface area contributed by atoms with E-state index in [2.05, 4.69) is 4.85 Å². The molecule has 0 aliphatic carbocycles. The predicted octanol–water partition coefficient (Wildman–Crippen LogP) is 2.17. The van der Waals surface area contributed by atoms with E-state index in [0.29, 0.717) is 13.0 Å². The normalized spacial score (nSPS) is 9.21. The van der Waals surface area contributed by atoms with Crippen LogP contribution >= 0.6 is 0 Å². The van der Waals surface area contributed by atoms with Crippen LogP contribution < -0.4 is 9.47 Å². The van der Waals surface area contributed by atoms with Crippen LogP contribution in [0, 0.1) is 6.57 Å². The van der Waals surface area contributed by atoms with E-state index >= 15 is 0 Å².